The summed E-state index contributed by atoms with van der Waals surface area (Å²) in [6.07, 6.45) is 10.5. The normalized spacial score (nSPS) is 21.0. The summed E-state index contributed by atoms with van der Waals surface area (Å²) in [5.74, 6) is 2.15. The van der Waals surface area contributed by atoms with Crippen molar-refractivity contribution in [1.82, 2.24) is 0 Å². The molecular weight excluding hydrogens is 296 g/mol. The predicted molar refractivity (Wildman–Crippen MR) is 76.7 cm³/mol. The number of quaternary nitrogens is 2. The summed E-state index contributed by atoms with van der Waals surface area (Å²) in [6.45, 7) is 5.57. The molecule has 0 spiro atoms. The van der Waals surface area contributed by atoms with Crippen LogP contribution in [0.1, 0.15) is 44.9 Å². The van der Waals surface area contributed by atoms with E-state index < -0.39 is 10.4 Å². The van der Waals surface area contributed by atoms with Gasteiger partial charge in [-0.05, 0) is 37.5 Å². The Labute approximate surface area is 127 Å². The average Bonchev–Trinajstić information content (AvgIpc) is 2.39. The van der Waals surface area contributed by atoms with E-state index in [2.05, 4.69) is 10.6 Å². The van der Waals surface area contributed by atoms with E-state index in [1.165, 1.54) is 71.1 Å². The highest BCUT2D eigenvalue weighted by Gasteiger charge is 2.18. The van der Waals surface area contributed by atoms with E-state index in [1.54, 1.807) is 0 Å². The lowest BCUT2D eigenvalue weighted by Gasteiger charge is -2.23. The third-order valence-corrected chi connectivity index (χ3v) is 4.34. The molecule has 0 atom stereocenters. The molecule has 8 heteroatoms. The monoisotopic (exact) mass is 326 g/mol. The fourth-order valence-electron chi connectivity index (χ4n) is 3.26. The molecule has 21 heavy (non-hydrogen) atoms. The van der Waals surface area contributed by atoms with E-state index in [0.29, 0.717) is 0 Å². The molecule has 2 fully saturated rings. The molecule has 0 saturated carbocycles. The standard InChI is InChI=1S/C13H26N2.H2O4S.H2O/c1(2-12-4-8-14-9-5-12)3-13-6-10-15-11-7-13;1-5(2,3)4;/h12-15H,1-11H2;(H2,1,2,3,4);1H2. The lowest BCUT2D eigenvalue weighted by molar-refractivity contribution is -0.665. The molecule has 0 radical (unpaired) electrons. The Hall–Kier alpha value is -0.250. The number of hydrogen-bond donors (Lipinski definition) is 2. The molecule has 0 aromatic rings. The Kier molecular flexibility index (Phi) is 11.2. The van der Waals surface area contributed by atoms with E-state index in [1.807, 2.05) is 0 Å². The molecule has 6 N–H and O–H groups in total. The highest BCUT2D eigenvalue weighted by atomic mass is 32.3. The predicted octanol–water partition coefficient (Wildman–Crippen LogP) is -2.06. The third-order valence-electron chi connectivity index (χ3n) is 4.34. The first-order chi connectivity index (χ1) is 9.45. The number of rotatable bonds is 4. The smallest absolute Gasteiger partial charge is 0.0758 e. The highest BCUT2D eigenvalue weighted by molar-refractivity contribution is 7.79. The summed E-state index contributed by atoms with van der Waals surface area (Å²) in [5.41, 5.74) is 0. The van der Waals surface area contributed by atoms with Crippen LogP contribution in [0.25, 0.3) is 0 Å². The zero-order valence-electron chi connectivity index (χ0n) is 12.6. The second-order valence-electron chi connectivity index (χ2n) is 5.96. The lowest BCUT2D eigenvalue weighted by Crippen LogP contribution is -2.86. The van der Waals surface area contributed by atoms with Crippen LogP contribution >= 0.6 is 0 Å². The molecule has 0 amide bonds. The van der Waals surface area contributed by atoms with E-state index in [4.69, 9.17) is 17.5 Å². The average molecular weight is 326 g/mol. The molecule has 0 bridgehead atoms. The van der Waals surface area contributed by atoms with Gasteiger partial charge in [-0.1, -0.05) is 19.3 Å². The largest absolute Gasteiger partial charge is 0.759 e. The second-order valence-corrected chi connectivity index (χ2v) is 6.77. The molecule has 2 rings (SSSR count). The van der Waals surface area contributed by atoms with Gasteiger partial charge in [-0.25, -0.2) is 0 Å². The summed E-state index contributed by atoms with van der Waals surface area (Å²) >= 11 is 0. The van der Waals surface area contributed by atoms with Crippen LogP contribution in [0.4, 0.5) is 0 Å². The van der Waals surface area contributed by atoms with Crippen LogP contribution in [-0.4, -0.2) is 49.2 Å². The van der Waals surface area contributed by atoms with Crippen molar-refractivity contribution < 1.29 is 33.6 Å². The maximum atomic E-state index is 8.52. The Morgan fingerprint density at radius 3 is 1.38 bits per heavy atom. The first kappa shape index (κ1) is 20.8. The second kappa shape index (κ2) is 11.3. The maximum absolute atomic E-state index is 8.52. The summed E-state index contributed by atoms with van der Waals surface area (Å²) in [7, 11) is -5.17. The molecule has 7 nitrogen and oxygen atoms in total. The third kappa shape index (κ3) is 13.2. The van der Waals surface area contributed by atoms with Gasteiger partial charge in [0, 0.05) is 10.4 Å². The van der Waals surface area contributed by atoms with Crippen molar-refractivity contribution in [2.45, 2.75) is 44.9 Å². The Bertz CT molecular complexity index is 312. The molecule has 2 heterocycles. The molecule has 128 valence electrons. The van der Waals surface area contributed by atoms with Crippen LogP contribution in [-0.2, 0) is 10.4 Å². The van der Waals surface area contributed by atoms with E-state index in [0.717, 1.165) is 11.8 Å². The quantitative estimate of drug-likeness (QED) is 0.452. The number of hydrogen-bond acceptors (Lipinski definition) is 4. The lowest BCUT2D eigenvalue weighted by atomic mass is 9.87. The topological polar surface area (TPSA) is 145 Å². The molecule has 0 aromatic carbocycles. The van der Waals surface area contributed by atoms with Crippen molar-refractivity contribution in [2.24, 2.45) is 11.8 Å². The van der Waals surface area contributed by atoms with Gasteiger partial charge in [0.2, 0.25) is 0 Å². The van der Waals surface area contributed by atoms with Gasteiger partial charge in [0.1, 0.15) is 0 Å². The van der Waals surface area contributed by atoms with Gasteiger partial charge >= 0.3 is 0 Å². The van der Waals surface area contributed by atoms with Gasteiger partial charge in [0.25, 0.3) is 0 Å². The Balaban J connectivity index is 0.000000583. The van der Waals surface area contributed by atoms with Gasteiger partial charge in [-0.2, -0.15) is 0 Å². The molecule has 0 unspecified atom stereocenters. The van der Waals surface area contributed by atoms with Crippen LogP contribution in [0.5, 0.6) is 0 Å². The Morgan fingerprint density at radius 1 is 0.810 bits per heavy atom. The summed E-state index contributed by atoms with van der Waals surface area (Å²) in [5, 5.41) is 4.96. The van der Waals surface area contributed by atoms with Crippen molar-refractivity contribution >= 4 is 10.4 Å². The van der Waals surface area contributed by atoms with Crippen molar-refractivity contribution in [3.8, 4) is 0 Å². The van der Waals surface area contributed by atoms with Crippen LogP contribution in [0.2, 0.25) is 0 Å². The SMILES string of the molecule is C(CC1CC[NH2+]CC1)CC1CC[NH2+]CC1.O.O=S(=O)([O-])[O-]. The van der Waals surface area contributed by atoms with Crippen molar-refractivity contribution in [3.05, 3.63) is 0 Å². The van der Waals surface area contributed by atoms with Crippen LogP contribution in [0.15, 0.2) is 0 Å². The minimum atomic E-state index is -5.17. The van der Waals surface area contributed by atoms with Crippen LogP contribution < -0.4 is 10.6 Å². The van der Waals surface area contributed by atoms with Crippen molar-refractivity contribution in [1.29, 1.82) is 0 Å². The molecule has 0 aliphatic carbocycles. The molecule has 2 saturated heterocycles. The molecule has 0 aromatic heterocycles. The number of nitrogens with two attached hydrogens (primary N) is 2. The highest BCUT2D eigenvalue weighted by Crippen LogP contribution is 2.22. The van der Waals surface area contributed by atoms with E-state index in [9.17, 15) is 0 Å². The summed E-state index contributed by atoms with van der Waals surface area (Å²) < 4.78 is 34.1. The molecule has 2 aliphatic rings. The van der Waals surface area contributed by atoms with E-state index >= 15 is 0 Å². The summed E-state index contributed by atoms with van der Waals surface area (Å²) in [4.78, 5) is 0. The Morgan fingerprint density at radius 2 is 1.10 bits per heavy atom. The van der Waals surface area contributed by atoms with Gasteiger partial charge in [-0.15, -0.1) is 0 Å². The number of piperidine rings is 2. The van der Waals surface area contributed by atoms with E-state index in [-0.39, 0.29) is 5.48 Å². The van der Waals surface area contributed by atoms with Crippen LogP contribution in [0, 0.1) is 11.8 Å². The van der Waals surface area contributed by atoms with Gasteiger partial charge in [0.05, 0.1) is 26.2 Å². The maximum Gasteiger partial charge on any atom is 0.0758 e. The van der Waals surface area contributed by atoms with Gasteiger partial charge < -0.3 is 25.2 Å². The molecule has 2 aliphatic heterocycles. The zero-order chi connectivity index (χ0) is 14.8. The van der Waals surface area contributed by atoms with Gasteiger partial charge in [-0.3, -0.25) is 8.42 Å². The minimum absolute atomic E-state index is 0. The van der Waals surface area contributed by atoms with Crippen molar-refractivity contribution in [3.63, 3.8) is 0 Å². The first-order valence-electron chi connectivity index (χ1n) is 7.75. The fraction of sp³-hybridized carbons (Fsp3) is 1.00. The van der Waals surface area contributed by atoms with Gasteiger partial charge in [0.15, 0.2) is 0 Å². The van der Waals surface area contributed by atoms with Crippen LogP contribution in [0.3, 0.4) is 0 Å². The first-order valence-corrected chi connectivity index (χ1v) is 9.08. The zero-order valence-corrected chi connectivity index (χ0v) is 13.4. The molecular formula is C13H30N2O5S. The van der Waals surface area contributed by atoms with Crippen molar-refractivity contribution in [2.75, 3.05) is 26.2 Å². The fourth-order valence-corrected chi connectivity index (χ4v) is 3.26. The summed E-state index contributed by atoms with van der Waals surface area (Å²) in [6, 6.07) is 0. The minimum Gasteiger partial charge on any atom is -0.759 e.